The summed E-state index contributed by atoms with van der Waals surface area (Å²) in [7, 11) is 0. The molecule has 0 aliphatic rings. The van der Waals surface area contributed by atoms with Crippen LogP contribution < -0.4 is 0 Å². The molecule has 1 nitrogen and oxygen atoms in total. The van der Waals surface area contributed by atoms with Crippen LogP contribution in [0.25, 0.3) is 0 Å². The van der Waals surface area contributed by atoms with Gasteiger partial charge in [0.2, 0.25) is 12.3 Å². The lowest BCUT2D eigenvalue weighted by molar-refractivity contribution is -0.116. The van der Waals surface area contributed by atoms with Crippen LogP contribution in [0.5, 0.6) is 0 Å². The van der Waals surface area contributed by atoms with Gasteiger partial charge in [0, 0.05) is 0 Å². The van der Waals surface area contributed by atoms with E-state index in [4.69, 9.17) is 46.4 Å². The molecule has 0 aromatic rings. The maximum Gasteiger partial charge on any atom is 0.233 e. The molecule has 0 bridgehead atoms. The first-order valence-corrected chi connectivity index (χ1v) is 4.94. The standard InChI is InChI=1S/C3Br2Cl4O/c4-2(6,7)1(10)3(5,8)9. The molecule has 0 amide bonds. The topological polar surface area (TPSA) is 17.1 Å². The van der Waals surface area contributed by atoms with Crippen LogP contribution in [0, 0.1) is 0 Å². The highest BCUT2D eigenvalue weighted by Gasteiger charge is 2.43. The fourth-order valence-electron chi connectivity index (χ4n) is 0.161. The summed E-state index contributed by atoms with van der Waals surface area (Å²) in [5, 5.41) is 0. The molecule has 60 valence electrons. The number of ketones is 1. The van der Waals surface area contributed by atoms with Crippen molar-refractivity contribution in [2.75, 3.05) is 0 Å². The quantitative estimate of drug-likeness (QED) is 0.693. The molecule has 0 spiro atoms. The van der Waals surface area contributed by atoms with Gasteiger partial charge in [0.05, 0.1) is 0 Å². The van der Waals surface area contributed by atoms with Gasteiger partial charge in [0.25, 0.3) is 0 Å². The number of halogens is 6. The number of hydrogen-bond donors (Lipinski definition) is 0. The van der Waals surface area contributed by atoms with Gasteiger partial charge in [0.15, 0.2) is 0 Å². The van der Waals surface area contributed by atoms with Gasteiger partial charge in [-0.2, -0.15) is 0 Å². The maximum absolute atomic E-state index is 10.9. The molecule has 0 unspecified atom stereocenters. The van der Waals surface area contributed by atoms with Gasteiger partial charge in [-0.25, -0.2) is 0 Å². The average molecular weight is 354 g/mol. The van der Waals surface area contributed by atoms with Crippen molar-refractivity contribution >= 4 is 84.0 Å². The molecule has 0 heterocycles. The van der Waals surface area contributed by atoms with Crippen LogP contribution in [0.3, 0.4) is 0 Å². The molecule has 0 aromatic heterocycles. The Morgan fingerprint density at radius 3 is 1.20 bits per heavy atom. The largest absolute Gasteiger partial charge is 0.291 e. The van der Waals surface area contributed by atoms with E-state index in [0.29, 0.717) is 0 Å². The molecule has 0 aromatic carbocycles. The van der Waals surface area contributed by atoms with E-state index in [1.807, 2.05) is 0 Å². The number of rotatable bonds is 2. The number of carbonyl (C=O) groups excluding carboxylic acids is 1. The third-order valence-electron chi connectivity index (χ3n) is 0.515. The van der Waals surface area contributed by atoms with Crippen LogP contribution in [-0.2, 0) is 4.79 Å². The van der Waals surface area contributed by atoms with Gasteiger partial charge in [-0.3, -0.25) is 4.79 Å². The molecule has 0 aliphatic heterocycles. The predicted octanol–water partition coefficient (Wildman–Crippen LogP) is 3.61. The van der Waals surface area contributed by atoms with E-state index in [2.05, 4.69) is 31.9 Å². The second kappa shape index (κ2) is 3.67. The van der Waals surface area contributed by atoms with Crippen LogP contribution in [-0.4, -0.2) is 12.3 Å². The van der Waals surface area contributed by atoms with E-state index in [0.717, 1.165) is 0 Å². The lowest BCUT2D eigenvalue weighted by Crippen LogP contribution is -2.30. The fourth-order valence-corrected chi connectivity index (χ4v) is 2.24. The lowest BCUT2D eigenvalue weighted by atomic mass is 10.5. The number of Topliss-reactive ketones (excluding diaryl/α,β-unsaturated/α-hetero) is 1. The van der Waals surface area contributed by atoms with Crippen molar-refractivity contribution in [3.63, 3.8) is 0 Å². The smallest absolute Gasteiger partial charge is 0.233 e. The molecule has 7 heteroatoms. The minimum absolute atomic E-state index is 0.785. The van der Waals surface area contributed by atoms with Gasteiger partial charge in [-0.1, -0.05) is 46.4 Å². The van der Waals surface area contributed by atoms with Crippen LogP contribution in [0.15, 0.2) is 0 Å². The zero-order valence-corrected chi connectivity index (χ0v) is 10.4. The molecule has 0 aliphatic carbocycles. The molecular formula is C3Br2Cl4O. The molecule has 0 fully saturated rings. The summed E-state index contributed by atoms with van der Waals surface area (Å²) in [6, 6.07) is 0. The minimum Gasteiger partial charge on any atom is -0.291 e. The molecule has 0 atom stereocenters. The van der Waals surface area contributed by atoms with Crippen molar-refractivity contribution in [2.45, 2.75) is 6.49 Å². The highest BCUT2D eigenvalue weighted by molar-refractivity contribution is 9.12. The van der Waals surface area contributed by atoms with Gasteiger partial charge >= 0.3 is 0 Å². The summed E-state index contributed by atoms with van der Waals surface area (Å²) < 4.78 is -3.50. The van der Waals surface area contributed by atoms with Gasteiger partial charge in [0.1, 0.15) is 0 Å². The monoisotopic (exact) mass is 350 g/mol. The first-order valence-electron chi connectivity index (χ1n) is 1.84. The van der Waals surface area contributed by atoms with Crippen LogP contribution in [0.4, 0.5) is 0 Å². The minimum atomic E-state index is -1.75. The first kappa shape index (κ1) is 11.8. The first-order chi connectivity index (χ1) is 4.15. The van der Waals surface area contributed by atoms with Crippen LogP contribution in [0.2, 0.25) is 0 Å². The Hall–Kier alpha value is 1.79. The van der Waals surface area contributed by atoms with E-state index in [1.54, 1.807) is 0 Å². The summed E-state index contributed by atoms with van der Waals surface area (Å²) in [5.74, 6) is -0.785. The summed E-state index contributed by atoms with van der Waals surface area (Å²) >= 11 is 26.5. The Bertz CT molecular complexity index is 130. The molecule has 0 saturated carbocycles. The zero-order valence-electron chi connectivity index (χ0n) is 4.18. The van der Waals surface area contributed by atoms with E-state index >= 15 is 0 Å². The Labute approximate surface area is 94.6 Å². The summed E-state index contributed by atoms with van der Waals surface area (Å²) in [6.45, 7) is 0. The zero-order chi connectivity index (χ0) is 8.58. The number of carbonyl (C=O) groups is 1. The molecule has 10 heavy (non-hydrogen) atoms. The van der Waals surface area contributed by atoms with Crippen molar-refractivity contribution in [1.29, 1.82) is 0 Å². The summed E-state index contributed by atoms with van der Waals surface area (Å²) in [5.41, 5.74) is 0. The molecule has 0 saturated heterocycles. The molecular weight excluding hydrogens is 354 g/mol. The van der Waals surface area contributed by atoms with Crippen molar-refractivity contribution < 1.29 is 4.79 Å². The third-order valence-corrected chi connectivity index (χ3v) is 1.92. The van der Waals surface area contributed by atoms with Crippen molar-refractivity contribution in [2.24, 2.45) is 0 Å². The Morgan fingerprint density at radius 2 is 1.20 bits per heavy atom. The molecule has 0 radical (unpaired) electrons. The van der Waals surface area contributed by atoms with E-state index in [1.165, 1.54) is 0 Å². The Morgan fingerprint density at radius 1 is 1.00 bits per heavy atom. The second-order valence-electron chi connectivity index (χ2n) is 1.32. The molecule has 0 N–H and O–H groups in total. The highest BCUT2D eigenvalue weighted by Crippen LogP contribution is 2.41. The normalized spacial score (nSPS) is 13.4. The van der Waals surface area contributed by atoms with E-state index in [-0.39, 0.29) is 0 Å². The lowest BCUT2D eigenvalue weighted by Gasteiger charge is -2.15. The third kappa shape index (κ3) is 3.98. The van der Waals surface area contributed by atoms with Gasteiger partial charge in [-0.05, 0) is 31.9 Å². The van der Waals surface area contributed by atoms with Crippen LogP contribution in [0.1, 0.15) is 0 Å². The SMILES string of the molecule is O=C(C(Cl)(Cl)Br)C(Cl)(Cl)Br. The average Bonchev–Trinajstić information content (AvgIpc) is 1.59. The highest BCUT2D eigenvalue weighted by atomic mass is 79.9. The number of alkyl halides is 6. The van der Waals surface area contributed by atoms with Crippen molar-refractivity contribution in [3.05, 3.63) is 0 Å². The van der Waals surface area contributed by atoms with Crippen molar-refractivity contribution in [1.82, 2.24) is 0 Å². The van der Waals surface area contributed by atoms with E-state index in [9.17, 15) is 4.79 Å². The Balaban J connectivity index is 4.40. The maximum atomic E-state index is 10.9. The predicted molar refractivity (Wildman–Crippen MR) is 51.7 cm³/mol. The summed E-state index contributed by atoms with van der Waals surface area (Å²) in [4.78, 5) is 10.9. The van der Waals surface area contributed by atoms with Gasteiger partial charge in [-0.15, -0.1) is 0 Å². The summed E-state index contributed by atoms with van der Waals surface area (Å²) in [6.07, 6.45) is 0. The van der Waals surface area contributed by atoms with E-state index < -0.39 is 12.3 Å². The molecule has 0 rings (SSSR count). The second-order valence-corrected chi connectivity index (χ2v) is 8.18. The van der Waals surface area contributed by atoms with Crippen LogP contribution >= 0.6 is 78.3 Å². The fraction of sp³-hybridized carbons (Fsp3) is 0.667. The van der Waals surface area contributed by atoms with Crippen molar-refractivity contribution in [3.8, 4) is 0 Å². The Kier molecular flexibility index (Phi) is 4.33. The number of hydrogen-bond acceptors (Lipinski definition) is 1. The van der Waals surface area contributed by atoms with Gasteiger partial charge < -0.3 is 0 Å².